The van der Waals surface area contributed by atoms with Crippen molar-refractivity contribution in [3.63, 3.8) is 0 Å². The highest BCUT2D eigenvalue weighted by Gasteiger charge is 2.47. The van der Waals surface area contributed by atoms with Crippen molar-refractivity contribution in [3.8, 4) is 0 Å². The number of hydrogen-bond donors (Lipinski definition) is 1. The van der Waals surface area contributed by atoms with Crippen molar-refractivity contribution in [2.45, 2.75) is 32.7 Å². The van der Waals surface area contributed by atoms with Crippen LogP contribution in [0.3, 0.4) is 0 Å². The van der Waals surface area contributed by atoms with E-state index in [9.17, 15) is 14.7 Å². The molecule has 0 saturated carbocycles. The van der Waals surface area contributed by atoms with Crippen LogP contribution in [0.5, 0.6) is 0 Å². The van der Waals surface area contributed by atoms with E-state index in [4.69, 9.17) is 0 Å². The maximum Gasteiger partial charge on any atom is 0.301 e. The first-order valence-electron chi connectivity index (χ1n) is 10.1. The van der Waals surface area contributed by atoms with Crippen molar-refractivity contribution in [1.29, 1.82) is 0 Å². The van der Waals surface area contributed by atoms with E-state index in [1.165, 1.54) is 23.5 Å². The molecule has 156 valence electrons. The Bertz CT molecular complexity index is 1150. The summed E-state index contributed by atoms with van der Waals surface area (Å²) in [4.78, 5) is 35.7. The zero-order chi connectivity index (χ0) is 22.1. The summed E-state index contributed by atoms with van der Waals surface area (Å²) in [5.41, 5.74) is 3.39. The molecule has 1 aliphatic rings. The van der Waals surface area contributed by atoms with E-state index in [0.717, 1.165) is 11.1 Å². The van der Waals surface area contributed by atoms with Gasteiger partial charge in [0.2, 0.25) is 0 Å². The number of Topliss-reactive ketones (excluding diaryl/α,β-unsaturated/α-hetero) is 1. The number of aromatic nitrogens is 2. The molecular weight excluding hydrogens is 390 g/mol. The second kappa shape index (κ2) is 8.14. The Morgan fingerprint density at radius 2 is 1.68 bits per heavy atom. The van der Waals surface area contributed by atoms with Gasteiger partial charge in [0, 0.05) is 18.0 Å². The van der Waals surface area contributed by atoms with E-state index in [0.29, 0.717) is 17.0 Å². The van der Waals surface area contributed by atoms with Gasteiger partial charge in [0.1, 0.15) is 5.76 Å². The van der Waals surface area contributed by atoms with Crippen molar-refractivity contribution < 1.29 is 14.7 Å². The Morgan fingerprint density at radius 1 is 1.00 bits per heavy atom. The maximum atomic E-state index is 13.1. The lowest BCUT2D eigenvalue weighted by Crippen LogP contribution is -2.30. The number of carbonyl (C=O) groups is 2. The fraction of sp³-hybridized carbons (Fsp3) is 0.200. The number of anilines is 1. The average molecular weight is 413 g/mol. The second-order valence-electron chi connectivity index (χ2n) is 7.92. The summed E-state index contributed by atoms with van der Waals surface area (Å²) in [6.07, 6.45) is 4.40. The van der Waals surface area contributed by atoms with E-state index < -0.39 is 17.7 Å². The Labute approximate surface area is 180 Å². The van der Waals surface area contributed by atoms with Crippen molar-refractivity contribution >= 4 is 23.3 Å². The van der Waals surface area contributed by atoms with Crippen LogP contribution in [-0.2, 0) is 9.59 Å². The lowest BCUT2D eigenvalue weighted by Gasteiger charge is -2.24. The Morgan fingerprint density at radius 3 is 2.26 bits per heavy atom. The van der Waals surface area contributed by atoms with E-state index in [1.807, 2.05) is 43.3 Å². The standard InChI is InChI=1S/C25H23N3O3/c1-15(2)17-8-10-18(11-9-17)22-21(23(29)19-6-4-16(3)5-7-19)24(30)25(31)28(22)20-14-26-12-13-27-20/h4-15,22,29H,1-3H3/b23-21-. The van der Waals surface area contributed by atoms with E-state index in [1.54, 1.807) is 12.1 Å². The molecule has 2 aromatic carbocycles. The summed E-state index contributed by atoms with van der Waals surface area (Å²) in [7, 11) is 0. The maximum absolute atomic E-state index is 13.1. The molecule has 6 nitrogen and oxygen atoms in total. The third-order valence-electron chi connectivity index (χ3n) is 5.48. The zero-order valence-electron chi connectivity index (χ0n) is 17.6. The van der Waals surface area contributed by atoms with Gasteiger partial charge in [-0.1, -0.05) is 67.9 Å². The number of aliphatic hydroxyl groups is 1. The van der Waals surface area contributed by atoms with Crippen molar-refractivity contribution in [2.24, 2.45) is 0 Å². The molecule has 1 saturated heterocycles. The first-order valence-corrected chi connectivity index (χ1v) is 10.1. The lowest BCUT2D eigenvalue weighted by atomic mass is 9.93. The molecular formula is C25H23N3O3. The Kier molecular flexibility index (Phi) is 5.38. The number of aryl methyl sites for hydroxylation is 1. The smallest absolute Gasteiger partial charge is 0.301 e. The number of ketones is 1. The van der Waals surface area contributed by atoms with Gasteiger partial charge in [-0.05, 0) is 24.0 Å². The van der Waals surface area contributed by atoms with Crippen LogP contribution in [0.4, 0.5) is 5.82 Å². The number of rotatable bonds is 4. The molecule has 0 aliphatic carbocycles. The number of nitrogens with zero attached hydrogens (tertiary/aromatic N) is 3. The highest BCUT2D eigenvalue weighted by atomic mass is 16.3. The molecule has 4 rings (SSSR count). The van der Waals surface area contributed by atoms with E-state index in [2.05, 4.69) is 23.8 Å². The predicted molar refractivity (Wildman–Crippen MR) is 119 cm³/mol. The summed E-state index contributed by atoms with van der Waals surface area (Å²) in [5.74, 6) is -1.10. The molecule has 1 fully saturated rings. The van der Waals surface area contributed by atoms with Gasteiger partial charge in [0.05, 0.1) is 17.8 Å². The van der Waals surface area contributed by atoms with Crippen molar-refractivity contribution in [2.75, 3.05) is 4.90 Å². The van der Waals surface area contributed by atoms with Crippen LogP contribution >= 0.6 is 0 Å². The minimum Gasteiger partial charge on any atom is -0.507 e. The van der Waals surface area contributed by atoms with Crippen molar-refractivity contribution in [3.05, 3.63) is 94.9 Å². The quantitative estimate of drug-likeness (QED) is 0.386. The molecule has 0 spiro atoms. The van der Waals surface area contributed by atoms with Crippen LogP contribution in [-0.4, -0.2) is 26.8 Å². The highest BCUT2D eigenvalue weighted by molar-refractivity contribution is 6.51. The fourth-order valence-electron chi connectivity index (χ4n) is 3.73. The first-order chi connectivity index (χ1) is 14.9. The van der Waals surface area contributed by atoms with Gasteiger partial charge in [-0.15, -0.1) is 0 Å². The van der Waals surface area contributed by atoms with Gasteiger partial charge < -0.3 is 5.11 Å². The Balaban J connectivity index is 1.91. The van der Waals surface area contributed by atoms with Crippen molar-refractivity contribution in [1.82, 2.24) is 9.97 Å². The van der Waals surface area contributed by atoms with E-state index in [-0.39, 0.29) is 17.2 Å². The number of amides is 1. The topological polar surface area (TPSA) is 83.4 Å². The number of hydrogen-bond acceptors (Lipinski definition) is 5. The number of carbonyl (C=O) groups excluding carboxylic acids is 2. The van der Waals surface area contributed by atoms with Gasteiger partial charge in [0.15, 0.2) is 5.82 Å². The normalized spacial score (nSPS) is 18.1. The number of benzene rings is 2. The Hall–Kier alpha value is -3.80. The minimum atomic E-state index is -0.806. The van der Waals surface area contributed by atoms with Gasteiger partial charge in [-0.25, -0.2) is 4.98 Å². The van der Waals surface area contributed by atoms with Gasteiger partial charge >= 0.3 is 5.91 Å². The molecule has 3 aromatic rings. The van der Waals surface area contributed by atoms with Crippen LogP contribution in [0.25, 0.3) is 5.76 Å². The summed E-state index contributed by atoms with van der Waals surface area (Å²) in [5, 5.41) is 11.1. The van der Waals surface area contributed by atoms with Crippen LogP contribution in [0.15, 0.2) is 72.7 Å². The third kappa shape index (κ3) is 3.72. The predicted octanol–water partition coefficient (Wildman–Crippen LogP) is 4.53. The van der Waals surface area contributed by atoms with Crippen LogP contribution in [0.1, 0.15) is 48.1 Å². The summed E-state index contributed by atoms with van der Waals surface area (Å²) < 4.78 is 0. The monoisotopic (exact) mass is 413 g/mol. The molecule has 1 amide bonds. The minimum absolute atomic E-state index is 0.0387. The molecule has 1 unspecified atom stereocenters. The molecule has 1 aromatic heterocycles. The zero-order valence-corrected chi connectivity index (χ0v) is 17.6. The SMILES string of the molecule is Cc1ccc(/C(O)=C2/C(=O)C(=O)N(c3cnccn3)C2c2ccc(C(C)C)cc2)cc1. The van der Waals surface area contributed by atoms with E-state index >= 15 is 0 Å². The van der Waals surface area contributed by atoms with Gasteiger partial charge in [-0.2, -0.15) is 0 Å². The largest absolute Gasteiger partial charge is 0.507 e. The molecule has 2 heterocycles. The van der Waals surface area contributed by atoms with Crippen LogP contribution < -0.4 is 4.90 Å². The molecule has 1 atom stereocenters. The molecule has 0 radical (unpaired) electrons. The molecule has 6 heteroatoms. The summed E-state index contributed by atoms with van der Waals surface area (Å²) in [6, 6.07) is 14.1. The number of aliphatic hydroxyl groups excluding tert-OH is 1. The van der Waals surface area contributed by atoms with Crippen LogP contribution in [0, 0.1) is 6.92 Å². The highest BCUT2D eigenvalue weighted by Crippen LogP contribution is 2.41. The fourth-order valence-corrected chi connectivity index (χ4v) is 3.73. The molecule has 31 heavy (non-hydrogen) atoms. The molecule has 1 aliphatic heterocycles. The van der Waals surface area contributed by atoms with Gasteiger partial charge in [0.25, 0.3) is 5.78 Å². The molecule has 0 bridgehead atoms. The van der Waals surface area contributed by atoms with Crippen LogP contribution in [0.2, 0.25) is 0 Å². The third-order valence-corrected chi connectivity index (χ3v) is 5.48. The average Bonchev–Trinajstić information content (AvgIpc) is 3.05. The summed E-state index contributed by atoms with van der Waals surface area (Å²) in [6.45, 7) is 6.13. The molecule has 1 N–H and O–H groups in total. The lowest BCUT2D eigenvalue weighted by molar-refractivity contribution is -0.132. The first kappa shape index (κ1) is 20.5. The second-order valence-corrected chi connectivity index (χ2v) is 7.92. The van der Waals surface area contributed by atoms with Gasteiger partial charge in [-0.3, -0.25) is 19.5 Å². The summed E-state index contributed by atoms with van der Waals surface area (Å²) >= 11 is 0.